The molecule has 2 aliphatic heterocycles. The highest BCUT2D eigenvalue weighted by Crippen LogP contribution is 2.44. The van der Waals surface area contributed by atoms with E-state index in [0.29, 0.717) is 11.4 Å². The first-order valence-electron chi connectivity index (χ1n) is 11.4. The van der Waals surface area contributed by atoms with Gasteiger partial charge < -0.3 is 14.6 Å². The summed E-state index contributed by atoms with van der Waals surface area (Å²) in [6.07, 6.45) is 2.81. The lowest BCUT2D eigenvalue weighted by molar-refractivity contribution is 0.00675. The van der Waals surface area contributed by atoms with Crippen molar-refractivity contribution in [2.45, 2.75) is 67.5 Å². The highest BCUT2D eigenvalue weighted by atomic mass is 32.2. The number of nitriles is 1. The molecule has 2 atom stereocenters. The Morgan fingerprint density at radius 1 is 1.21 bits per heavy atom. The lowest BCUT2D eigenvalue weighted by Crippen LogP contribution is -2.32. The van der Waals surface area contributed by atoms with Gasteiger partial charge in [-0.15, -0.1) is 0 Å². The summed E-state index contributed by atoms with van der Waals surface area (Å²) in [7, 11) is -2.14. The van der Waals surface area contributed by atoms with Crippen molar-refractivity contribution in [3.63, 3.8) is 0 Å². The number of esters is 1. The minimum Gasteiger partial charge on any atom is -0.456 e. The number of nitrogens with one attached hydrogen (secondary N) is 1. The monoisotopic (exact) mass is 477 g/mol. The highest BCUT2D eigenvalue weighted by molar-refractivity contribution is 7.91. The van der Waals surface area contributed by atoms with Crippen LogP contribution in [-0.4, -0.2) is 30.6 Å². The molecule has 2 bridgehead atoms. The van der Waals surface area contributed by atoms with E-state index in [9.17, 15) is 18.5 Å². The van der Waals surface area contributed by atoms with Gasteiger partial charge in [-0.05, 0) is 69.5 Å². The summed E-state index contributed by atoms with van der Waals surface area (Å²) in [6, 6.07) is 11.6. The van der Waals surface area contributed by atoms with Crippen LogP contribution in [-0.2, 0) is 28.0 Å². The predicted octanol–water partition coefficient (Wildman–Crippen LogP) is 4.19. The Labute approximate surface area is 199 Å². The molecule has 7 nitrogen and oxygen atoms in total. The molecular weight excluding hydrogens is 450 g/mol. The minimum absolute atomic E-state index is 0.0282. The maximum absolute atomic E-state index is 13.8. The third-order valence-corrected chi connectivity index (χ3v) is 8.48. The Morgan fingerprint density at radius 3 is 2.68 bits per heavy atom. The molecule has 34 heavy (non-hydrogen) atoms. The molecule has 3 heterocycles. The SMILES string of the molecule is Cn1c2c(c3c(C(=O)OC(C)(C)C)c(S(=O)(=O)c4cccc(C#N)c4)ccc31)C1CCC(C2)N1. The van der Waals surface area contributed by atoms with Crippen LogP contribution >= 0.6 is 0 Å². The number of carbonyl (C=O) groups is 1. The number of carbonyl (C=O) groups excluding carboxylic acids is 1. The lowest BCUT2D eigenvalue weighted by Gasteiger charge is -2.24. The molecule has 0 radical (unpaired) electrons. The van der Waals surface area contributed by atoms with E-state index in [-0.39, 0.29) is 27.0 Å². The summed E-state index contributed by atoms with van der Waals surface area (Å²) in [6.45, 7) is 5.29. The average molecular weight is 478 g/mol. The van der Waals surface area contributed by atoms with Gasteiger partial charge in [-0.25, -0.2) is 13.2 Å². The van der Waals surface area contributed by atoms with Gasteiger partial charge in [0.15, 0.2) is 0 Å². The van der Waals surface area contributed by atoms with Crippen molar-refractivity contribution in [3.8, 4) is 6.07 Å². The first-order valence-corrected chi connectivity index (χ1v) is 12.9. The standard InChI is InChI=1S/C26H27N3O4S/c1-26(2,3)33-25(30)24-21(34(31,32)17-7-5-6-15(12-17)14-27)11-10-19-23(24)22-18-9-8-16(28-18)13-20(22)29(19)4/h5-7,10-12,16,18,28H,8-9,13H2,1-4H3. The zero-order valence-corrected chi connectivity index (χ0v) is 20.5. The van der Waals surface area contributed by atoms with Crippen LogP contribution in [0.2, 0.25) is 0 Å². The topological polar surface area (TPSA) is 101 Å². The third-order valence-electron chi connectivity index (χ3n) is 6.69. The fourth-order valence-electron chi connectivity index (χ4n) is 5.27. The summed E-state index contributed by atoms with van der Waals surface area (Å²) < 4.78 is 35.5. The van der Waals surface area contributed by atoms with E-state index in [0.717, 1.165) is 36.0 Å². The molecule has 2 aromatic carbocycles. The van der Waals surface area contributed by atoms with Crippen LogP contribution in [0.25, 0.3) is 10.9 Å². The van der Waals surface area contributed by atoms with Gasteiger partial charge in [0.25, 0.3) is 0 Å². The number of hydrogen-bond acceptors (Lipinski definition) is 6. The van der Waals surface area contributed by atoms with E-state index in [4.69, 9.17) is 4.74 Å². The van der Waals surface area contributed by atoms with E-state index in [1.54, 1.807) is 32.9 Å². The molecule has 176 valence electrons. The van der Waals surface area contributed by atoms with Crippen LogP contribution in [0.15, 0.2) is 46.2 Å². The van der Waals surface area contributed by atoms with Gasteiger partial charge in [0.1, 0.15) is 5.60 Å². The Hall–Kier alpha value is -3.15. The van der Waals surface area contributed by atoms with Gasteiger partial charge in [0, 0.05) is 42.1 Å². The zero-order chi connectivity index (χ0) is 24.4. The molecule has 1 N–H and O–H groups in total. The molecule has 8 heteroatoms. The highest BCUT2D eigenvalue weighted by Gasteiger charge is 2.39. The fourth-order valence-corrected chi connectivity index (χ4v) is 6.77. The second-order valence-corrected chi connectivity index (χ2v) is 12.0. The minimum atomic E-state index is -4.11. The van der Waals surface area contributed by atoms with Crippen LogP contribution in [0.3, 0.4) is 0 Å². The molecule has 2 unspecified atom stereocenters. The molecule has 3 aromatic rings. The Balaban J connectivity index is 1.83. The summed E-state index contributed by atoms with van der Waals surface area (Å²) in [5, 5.41) is 13.5. The number of sulfone groups is 1. The van der Waals surface area contributed by atoms with E-state index in [1.807, 2.05) is 13.1 Å². The van der Waals surface area contributed by atoms with Crippen LogP contribution in [0.1, 0.15) is 66.8 Å². The van der Waals surface area contributed by atoms with Gasteiger partial charge in [0.05, 0.1) is 27.0 Å². The molecule has 1 saturated heterocycles. The maximum Gasteiger partial charge on any atom is 0.340 e. The maximum atomic E-state index is 13.8. The number of nitrogens with zero attached hydrogens (tertiary/aromatic N) is 2. The van der Waals surface area contributed by atoms with Crippen molar-refractivity contribution in [3.05, 3.63) is 58.8 Å². The molecular formula is C26H27N3O4S. The molecule has 2 aliphatic rings. The number of benzene rings is 2. The largest absolute Gasteiger partial charge is 0.456 e. The number of ether oxygens (including phenoxy) is 1. The van der Waals surface area contributed by atoms with Crippen LogP contribution in [0.4, 0.5) is 0 Å². The number of hydrogen-bond donors (Lipinski definition) is 1. The summed E-state index contributed by atoms with van der Waals surface area (Å²) in [4.78, 5) is 13.5. The Bertz CT molecular complexity index is 1490. The zero-order valence-electron chi connectivity index (χ0n) is 19.7. The quantitative estimate of drug-likeness (QED) is 0.568. The van der Waals surface area contributed by atoms with E-state index >= 15 is 0 Å². The molecule has 0 amide bonds. The van der Waals surface area contributed by atoms with E-state index in [2.05, 4.69) is 9.88 Å². The van der Waals surface area contributed by atoms with Crippen molar-refractivity contribution < 1.29 is 17.9 Å². The number of aromatic nitrogens is 1. The van der Waals surface area contributed by atoms with E-state index < -0.39 is 21.4 Å². The molecule has 1 aromatic heterocycles. The number of fused-ring (bicyclic) bond motifs is 6. The smallest absolute Gasteiger partial charge is 0.340 e. The van der Waals surface area contributed by atoms with Crippen LogP contribution in [0, 0.1) is 11.3 Å². The van der Waals surface area contributed by atoms with Gasteiger partial charge in [0.2, 0.25) is 9.84 Å². The molecule has 0 spiro atoms. The summed E-state index contributed by atoms with van der Waals surface area (Å²) in [5.74, 6) is -0.665. The molecule has 0 aliphatic carbocycles. The van der Waals surface area contributed by atoms with Gasteiger partial charge in [-0.1, -0.05) is 6.07 Å². The number of aryl methyl sites for hydroxylation is 1. The predicted molar refractivity (Wildman–Crippen MR) is 127 cm³/mol. The fraction of sp³-hybridized carbons (Fsp3) is 0.385. The first kappa shape index (κ1) is 22.6. The average Bonchev–Trinajstić information content (AvgIpc) is 3.30. The second-order valence-electron chi connectivity index (χ2n) is 10.1. The second kappa shape index (κ2) is 7.69. The van der Waals surface area contributed by atoms with Crippen LogP contribution < -0.4 is 5.32 Å². The summed E-state index contributed by atoms with van der Waals surface area (Å²) in [5.41, 5.74) is 2.44. The van der Waals surface area contributed by atoms with Crippen molar-refractivity contribution in [2.75, 3.05) is 0 Å². The normalized spacial score (nSPS) is 19.6. The Morgan fingerprint density at radius 2 is 1.97 bits per heavy atom. The number of rotatable bonds is 3. The molecule has 0 saturated carbocycles. The van der Waals surface area contributed by atoms with Gasteiger partial charge in [-0.3, -0.25) is 0 Å². The van der Waals surface area contributed by atoms with Crippen LogP contribution in [0.5, 0.6) is 0 Å². The molecule has 1 fully saturated rings. The lowest BCUT2D eigenvalue weighted by atomic mass is 9.96. The van der Waals surface area contributed by atoms with Crippen molar-refractivity contribution in [1.29, 1.82) is 5.26 Å². The van der Waals surface area contributed by atoms with Gasteiger partial charge in [-0.2, -0.15) is 5.26 Å². The van der Waals surface area contributed by atoms with Crippen molar-refractivity contribution >= 4 is 26.7 Å². The van der Waals surface area contributed by atoms with Gasteiger partial charge >= 0.3 is 5.97 Å². The van der Waals surface area contributed by atoms with Crippen molar-refractivity contribution in [1.82, 2.24) is 9.88 Å². The summed E-state index contributed by atoms with van der Waals surface area (Å²) >= 11 is 0. The first-order chi connectivity index (χ1) is 16.0. The van der Waals surface area contributed by atoms with E-state index in [1.165, 1.54) is 24.3 Å². The molecule has 5 rings (SSSR count). The third kappa shape index (κ3) is 3.51. The Kier molecular flexibility index (Phi) is 5.12. The van der Waals surface area contributed by atoms with Crippen molar-refractivity contribution in [2.24, 2.45) is 7.05 Å².